The lowest BCUT2D eigenvalue weighted by atomic mass is 10.1. The molecule has 2 N–H and O–H groups in total. The lowest BCUT2D eigenvalue weighted by molar-refractivity contribution is 0.134. The Morgan fingerprint density at radius 3 is 2.78 bits per heavy atom. The van der Waals surface area contributed by atoms with Crippen LogP contribution in [0.1, 0.15) is 50.3 Å². The van der Waals surface area contributed by atoms with Crippen molar-refractivity contribution in [3.63, 3.8) is 0 Å². The smallest absolute Gasteiger partial charge is 0.240 e. The molecule has 0 aliphatic carbocycles. The minimum absolute atomic E-state index is 0.0946. The summed E-state index contributed by atoms with van der Waals surface area (Å²) >= 11 is 0. The van der Waals surface area contributed by atoms with Gasteiger partial charge in [-0.15, -0.1) is 5.10 Å². The van der Waals surface area contributed by atoms with Gasteiger partial charge in [0.15, 0.2) is 11.5 Å². The van der Waals surface area contributed by atoms with Gasteiger partial charge in [-0.3, -0.25) is 9.30 Å². The van der Waals surface area contributed by atoms with Gasteiger partial charge in [0, 0.05) is 33.4 Å². The topological polar surface area (TPSA) is 147 Å². The van der Waals surface area contributed by atoms with Gasteiger partial charge in [-0.25, -0.2) is 19.3 Å². The van der Waals surface area contributed by atoms with Crippen molar-refractivity contribution >= 4 is 23.6 Å². The first kappa shape index (κ1) is 28.1. The Bertz CT molecular complexity index is 1620. The molecule has 0 radical (unpaired) electrons. The number of methoxy groups -OCH3 is 1. The van der Waals surface area contributed by atoms with E-state index in [9.17, 15) is 5.26 Å². The van der Waals surface area contributed by atoms with E-state index >= 15 is 0 Å². The molecule has 0 unspecified atom stereocenters. The van der Waals surface area contributed by atoms with E-state index in [1.54, 1.807) is 22.7 Å². The third-order valence-electron chi connectivity index (χ3n) is 6.85. The van der Waals surface area contributed by atoms with Crippen molar-refractivity contribution in [2.45, 2.75) is 59.6 Å². The van der Waals surface area contributed by atoms with Crippen molar-refractivity contribution in [3.05, 3.63) is 35.0 Å². The van der Waals surface area contributed by atoms with Gasteiger partial charge in [0.05, 0.1) is 53.2 Å². The van der Waals surface area contributed by atoms with Crippen LogP contribution in [-0.4, -0.2) is 71.2 Å². The summed E-state index contributed by atoms with van der Waals surface area (Å²) in [4.78, 5) is 11.5. The molecule has 41 heavy (non-hydrogen) atoms. The predicted octanol–water partition coefficient (Wildman–Crippen LogP) is 3.14. The fourth-order valence-electron chi connectivity index (χ4n) is 5.07. The van der Waals surface area contributed by atoms with Gasteiger partial charge in [-0.05, 0) is 39.5 Å². The fraction of sp³-hybridized carbons (Fsp3) is 0.464. The minimum atomic E-state index is -0.216. The highest BCUT2D eigenvalue weighted by Gasteiger charge is 2.26. The van der Waals surface area contributed by atoms with Crippen molar-refractivity contribution in [2.75, 3.05) is 25.9 Å². The molecule has 0 spiro atoms. The fourth-order valence-corrected chi connectivity index (χ4v) is 5.07. The Morgan fingerprint density at radius 2 is 2.07 bits per heavy atom. The number of anilines is 1. The van der Waals surface area contributed by atoms with Crippen LogP contribution in [0.5, 0.6) is 11.8 Å². The molecule has 216 valence electrons. The number of hydrogen-bond acceptors (Lipinski definition) is 10. The van der Waals surface area contributed by atoms with Crippen LogP contribution in [0.2, 0.25) is 0 Å². The Balaban J connectivity index is 1.76. The number of nitrogen functional groups attached to an aromatic ring is 1. The lowest BCUT2D eigenvalue weighted by Gasteiger charge is -2.25. The van der Waals surface area contributed by atoms with Gasteiger partial charge in [-0.2, -0.15) is 10.4 Å². The van der Waals surface area contributed by atoms with E-state index < -0.39 is 0 Å². The molecule has 4 aromatic rings. The molecule has 0 saturated heterocycles. The van der Waals surface area contributed by atoms with Gasteiger partial charge in [-0.1, -0.05) is 6.92 Å². The van der Waals surface area contributed by atoms with E-state index in [4.69, 9.17) is 24.9 Å². The van der Waals surface area contributed by atoms with Gasteiger partial charge in [0.2, 0.25) is 11.8 Å². The molecule has 1 atom stereocenters. The van der Waals surface area contributed by atoms with Crippen LogP contribution < -0.4 is 15.2 Å². The monoisotopic (exact) mass is 560 g/mol. The van der Waals surface area contributed by atoms with E-state index in [1.165, 1.54) is 0 Å². The summed E-state index contributed by atoms with van der Waals surface area (Å²) in [6.45, 7) is 10.3. The van der Waals surface area contributed by atoms with Gasteiger partial charge in [0.25, 0.3) is 0 Å². The highest BCUT2D eigenvalue weighted by molar-refractivity contribution is 5.77. The van der Waals surface area contributed by atoms with Crippen molar-refractivity contribution in [2.24, 2.45) is 7.05 Å². The number of imidazole rings is 1. The first-order valence-corrected chi connectivity index (χ1v) is 13.6. The molecule has 5 heterocycles. The number of nitrogens with zero attached hydrogens (tertiary/aromatic N) is 9. The maximum Gasteiger partial charge on any atom is 0.240 e. The van der Waals surface area contributed by atoms with Crippen LogP contribution in [0.25, 0.3) is 29.1 Å². The number of aryl methyl sites for hydroxylation is 1. The molecule has 0 amide bonds. The highest BCUT2D eigenvalue weighted by atomic mass is 16.5. The zero-order valence-electron chi connectivity index (χ0n) is 24.3. The quantitative estimate of drug-likeness (QED) is 0.373. The maximum absolute atomic E-state index is 9.57. The number of hydrogen-bond donors (Lipinski definition) is 1. The number of aromatic nitrogens is 7. The Kier molecular flexibility index (Phi) is 7.96. The van der Waals surface area contributed by atoms with Crippen molar-refractivity contribution < 1.29 is 14.2 Å². The van der Waals surface area contributed by atoms with Gasteiger partial charge in [0.1, 0.15) is 18.3 Å². The summed E-state index contributed by atoms with van der Waals surface area (Å²) in [5.41, 5.74) is 11.4. The van der Waals surface area contributed by atoms with E-state index in [1.807, 2.05) is 50.6 Å². The molecular formula is C28H36N10O3. The molecule has 0 aromatic carbocycles. The molecule has 0 fully saturated rings. The highest BCUT2D eigenvalue weighted by Crippen LogP contribution is 2.35. The Labute approximate surface area is 238 Å². The van der Waals surface area contributed by atoms with Crippen molar-refractivity contribution in [1.82, 2.24) is 38.8 Å². The first-order chi connectivity index (χ1) is 19.7. The number of fused-ring (bicyclic) bond motifs is 4. The standard InChI is InChI=1S/C28H36N10O3/c1-7-36-13-18(4)41-28-24(22(16-39-6)33-35(28)5)21-14-37-19(12-31-26(37)25(30)32-21)8-9-20-23(15-36)38(11-10-29)34-27(20)40-17(2)3/h8-9,12,14,17-18H,7,11,13,15-16H2,1-6H3,(H2,30,32)/b9-8+/t18-/m0/s1. The third-order valence-corrected chi connectivity index (χ3v) is 6.85. The van der Waals surface area contributed by atoms with Crippen LogP contribution >= 0.6 is 0 Å². The Hall–Kier alpha value is -4.41. The molecule has 1 aliphatic rings. The molecular weight excluding hydrogens is 524 g/mol. The summed E-state index contributed by atoms with van der Waals surface area (Å²) in [5.74, 6) is 1.33. The summed E-state index contributed by atoms with van der Waals surface area (Å²) in [7, 11) is 3.47. The normalized spacial score (nSPS) is 16.6. The zero-order chi connectivity index (χ0) is 29.3. The Morgan fingerprint density at radius 1 is 1.27 bits per heavy atom. The lowest BCUT2D eigenvalue weighted by Crippen LogP contribution is -2.34. The summed E-state index contributed by atoms with van der Waals surface area (Å²) in [6, 6.07) is 2.23. The average molecular weight is 561 g/mol. The number of nitriles is 1. The van der Waals surface area contributed by atoms with Crippen LogP contribution in [0.3, 0.4) is 0 Å². The number of ether oxygens (including phenoxy) is 3. The first-order valence-electron chi connectivity index (χ1n) is 13.6. The SMILES string of the molecule is CCN1Cc2c(c(OC(C)C)nn2CC#N)/C=C/c2cnc3c(N)nc(cn23)-c2c(COC)nn(C)c2O[C@@H](C)C1. The van der Waals surface area contributed by atoms with Crippen LogP contribution in [0, 0.1) is 11.3 Å². The molecule has 5 rings (SSSR count). The van der Waals surface area contributed by atoms with Gasteiger partial charge >= 0.3 is 0 Å². The molecule has 4 aromatic heterocycles. The van der Waals surface area contributed by atoms with E-state index in [0.717, 1.165) is 29.1 Å². The van der Waals surface area contributed by atoms with E-state index in [-0.39, 0.29) is 31.2 Å². The maximum atomic E-state index is 9.57. The molecule has 13 nitrogen and oxygen atoms in total. The largest absolute Gasteiger partial charge is 0.473 e. The number of likely N-dealkylation sites (N-methyl/N-ethyl adjacent to an activating group) is 1. The zero-order valence-corrected chi connectivity index (χ0v) is 24.3. The number of rotatable bonds is 6. The summed E-state index contributed by atoms with van der Waals surface area (Å²) in [6.07, 6.45) is 7.23. The van der Waals surface area contributed by atoms with E-state index in [2.05, 4.69) is 33.1 Å². The molecule has 2 bridgehead atoms. The second-order valence-electron chi connectivity index (χ2n) is 10.3. The average Bonchev–Trinajstić information content (AvgIpc) is 3.56. The van der Waals surface area contributed by atoms with Crippen LogP contribution in [0.4, 0.5) is 5.82 Å². The summed E-state index contributed by atoms with van der Waals surface area (Å²) < 4.78 is 23.4. The molecule has 13 heteroatoms. The number of nitrogens with two attached hydrogens (primary N) is 1. The summed E-state index contributed by atoms with van der Waals surface area (Å²) in [5, 5.41) is 18.9. The predicted molar refractivity (Wildman–Crippen MR) is 154 cm³/mol. The van der Waals surface area contributed by atoms with Crippen molar-refractivity contribution in [3.8, 4) is 29.1 Å². The second-order valence-corrected chi connectivity index (χ2v) is 10.3. The van der Waals surface area contributed by atoms with E-state index in [0.29, 0.717) is 41.9 Å². The van der Waals surface area contributed by atoms with Crippen LogP contribution in [-0.2, 0) is 31.5 Å². The molecule has 0 saturated carbocycles. The third kappa shape index (κ3) is 5.48. The second kappa shape index (κ2) is 11.6. The molecule has 1 aliphatic heterocycles. The van der Waals surface area contributed by atoms with Crippen LogP contribution in [0.15, 0.2) is 12.4 Å². The minimum Gasteiger partial charge on any atom is -0.473 e. The van der Waals surface area contributed by atoms with Gasteiger partial charge < -0.3 is 19.9 Å². The van der Waals surface area contributed by atoms with Crippen molar-refractivity contribution in [1.29, 1.82) is 5.26 Å².